The Morgan fingerprint density at radius 1 is 0.850 bits per heavy atom. The van der Waals surface area contributed by atoms with E-state index in [9.17, 15) is 0 Å². The molecule has 0 fully saturated rings. The molecule has 0 radical (unpaired) electrons. The zero-order valence-electron chi connectivity index (χ0n) is 11.9. The Morgan fingerprint density at radius 2 is 1.60 bits per heavy atom. The fourth-order valence-corrected chi connectivity index (χ4v) is 3.00. The molecule has 20 heavy (non-hydrogen) atoms. The molecule has 0 unspecified atom stereocenters. The molecule has 0 bridgehead atoms. The number of hydrogen-bond acceptors (Lipinski definition) is 1. The van der Waals surface area contributed by atoms with Gasteiger partial charge in [0.2, 0.25) is 0 Å². The van der Waals surface area contributed by atoms with Gasteiger partial charge in [-0.25, -0.2) is 4.98 Å². The lowest BCUT2D eigenvalue weighted by molar-refractivity contribution is 1.01. The van der Waals surface area contributed by atoms with Crippen molar-refractivity contribution in [3.05, 3.63) is 53.6 Å². The third-order valence-electron chi connectivity index (χ3n) is 4.08. The van der Waals surface area contributed by atoms with E-state index >= 15 is 0 Å². The maximum Gasteiger partial charge on any atom is 0.0967 e. The summed E-state index contributed by atoms with van der Waals surface area (Å²) in [6, 6.07) is 15.2. The van der Waals surface area contributed by atoms with Crippen LogP contribution in [0.4, 0.5) is 0 Å². The molecule has 4 aromatic rings. The van der Waals surface area contributed by atoms with E-state index in [4.69, 9.17) is 4.98 Å². The zero-order valence-corrected chi connectivity index (χ0v) is 11.9. The minimum Gasteiger partial charge on any atom is -0.342 e. The topological polar surface area (TPSA) is 17.8 Å². The quantitative estimate of drug-likeness (QED) is 0.455. The van der Waals surface area contributed by atoms with Gasteiger partial charge in [-0.2, -0.15) is 0 Å². The van der Waals surface area contributed by atoms with Crippen LogP contribution in [0, 0.1) is 13.8 Å². The van der Waals surface area contributed by atoms with Crippen molar-refractivity contribution in [2.24, 2.45) is 7.05 Å². The first-order valence-electron chi connectivity index (χ1n) is 6.90. The van der Waals surface area contributed by atoms with Crippen molar-refractivity contribution >= 4 is 32.8 Å². The zero-order chi connectivity index (χ0) is 13.9. The smallest absolute Gasteiger partial charge is 0.0967 e. The number of nitrogens with zero attached hydrogens (tertiary/aromatic N) is 2. The number of aromatic nitrogens is 2. The summed E-state index contributed by atoms with van der Waals surface area (Å²) in [5.74, 6) is 0. The van der Waals surface area contributed by atoms with E-state index in [1.807, 2.05) is 0 Å². The van der Waals surface area contributed by atoms with Crippen molar-refractivity contribution in [3.8, 4) is 0 Å². The molecule has 98 valence electrons. The second kappa shape index (κ2) is 3.83. The first kappa shape index (κ1) is 11.5. The molecule has 0 aliphatic carbocycles. The van der Waals surface area contributed by atoms with Crippen LogP contribution < -0.4 is 0 Å². The van der Waals surface area contributed by atoms with Gasteiger partial charge in [-0.3, -0.25) is 0 Å². The maximum atomic E-state index is 4.89. The summed E-state index contributed by atoms with van der Waals surface area (Å²) in [5.41, 5.74) is 7.15. The Hall–Kier alpha value is -2.35. The molecule has 0 amide bonds. The number of rotatable bonds is 0. The number of hydrogen-bond donors (Lipinski definition) is 0. The molecular formula is C18H16N2. The van der Waals surface area contributed by atoms with Crippen LogP contribution >= 0.6 is 0 Å². The summed E-state index contributed by atoms with van der Waals surface area (Å²) in [6.45, 7) is 4.25. The summed E-state index contributed by atoms with van der Waals surface area (Å²) in [7, 11) is 2.11. The van der Waals surface area contributed by atoms with Crippen LogP contribution in [0.2, 0.25) is 0 Å². The van der Waals surface area contributed by atoms with Gasteiger partial charge in [0.05, 0.1) is 22.1 Å². The van der Waals surface area contributed by atoms with Crippen LogP contribution in [0.25, 0.3) is 32.8 Å². The minimum atomic E-state index is 1.07. The number of benzene rings is 2. The van der Waals surface area contributed by atoms with E-state index < -0.39 is 0 Å². The molecule has 2 nitrogen and oxygen atoms in total. The van der Waals surface area contributed by atoms with Gasteiger partial charge in [-0.05, 0) is 44.2 Å². The van der Waals surface area contributed by atoms with Crippen molar-refractivity contribution < 1.29 is 0 Å². The van der Waals surface area contributed by atoms with E-state index in [2.05, 4.69) is 67.9 Å². The van der Waals surface area contributed by atoms with Crippen molar-refractivity contribution in [1.82, 2.24) is 9.55 Å². The lowest BCUT2D eigenvalue weighted by atomic mass is 10.1. The second-order valence-electron chi connectivity index (χ2n) is 5.63. The number of fused-ring (bicyclic) bond motifs is 4. The Morgan fingerprint density at radius 3 is 2.45 bits per heavy atom. The van der Waals surface area contributed by atoms with Crippen LogP contribution in [0.1, 0.15) is 11.1 Å². The molecule has 0 aliphatic heterocycles. The third kappa shape index (κ3) is 1.48. The van der Waals surface area contributed by atoms with Gasteiger partial charge in [0.25, 0.3) is 0 Å². The van der Waals surface area contributed by atoms with E-state index in [-0.39, 0.29) is 0 Å². The fraction of sp³-hybridized carbons (Fsp3) is 0.167. The molecule has 0 spiro atoms. The average Bonchev–Trinajstić information content (AvgIpc) is 2.69. The summed E-state index contributed by atoms with van der Waals surface area (Å²) >= 11 is 0. The van der Waals surface area contributed by atoms with E-state index in [0.29, 0.717) is 0 Å². The van der Waals surface area contributed by atoms with Gasteiger partial charge in [0, 0.05) is 17.8 Å². The number of pyridine rings is 1. The monoisotopic (exact) mass is 260 g/mol. The molecule has 2 heteroatoms. The lowest BCUT2D eigenvalue weighted by Crippen LogP contribution is -1.88. The predicted molar refractivity (Wildman–Crippen MR) is 85.2 cm³/mol. The highest BCUT2D eigenvalue weighted by Crippen LogP contribution is 2.30. The first-order chi connectivity index (χ1) is 9.63. The van der Waals surface area contributed by atoms with Crippen LogP contribution in [-0.4, -0.2) is 9.55 Å². The summed E-state index contributed by atoms with van der Waals surface area (Å²) in [4.78, 5) is 4.89. The minimum absolute atomic E-state index is 1.07. The van der Waals surface area contributed by atoms with Gasteiger partial charge in [0.15, 0.2) is 0 Å². The highest BCUT2D eigenvalue weighted by Gasteiger charge is 2.10. The van der Waals surface area contributed by atoms with Crippen LogP contribution in [0.3, 0.4) is 0 Å². The van der Waals surface area contributed by atoms with Crippen molar-refractivity contribution in [2.75, 3.05) is 0 Å². The summed E-state index contributed by atoms with van der Waals surface area (Å²) < 4.78 is 2.24. The standard InChI is InChI=1S/C18H16N2/c1-11-4-6-15-13(8-11)10-17-18(19-15)14-9-12(2)5-7-16(14)20(17)3/h4-10H,1-3H3. The lowest BCUT2D eigenvalue weighted by Gasteiger charge is -2.01. The highest BCUT2D eigenvalue weighted by molar-refractivity contribution is 6.09. The first-order valence-corrected chi connectivity index (χ1v) is 6.90. The molecule has 2 aromatic carbocycles. The van der Waals surface area contributed by atoms with Crippen LogP contribution in [0.15, 0.2) is 42.5 Å². The average molecular weight is 260 g/mol. The molecule has 0 saturated heterocycles. The molecular weight excluding hydrogens is 244 g/mol. The van der Waals surface area contributed by atoms with Gasteiger partial charge >= 0.3 is 0 Å². The SMILES string of the molecule is Cc1ccc2nc3c4cc(C)ccc4n(C)c3cc2c1. The van der Waals surface area contributed by atoms with Crippen LogP contribution in [-0.2, 0) is 7.05 Å². The van der Waals surface area contributed by atoms with Gasteiger partial charge in [0.1, 0.15) is 0 Å². The molecule has 0 saturated carbocycles. The molecule has 0 N–H and O–H groups in total. The normalized spacial score (nSPS) is 11.8. The Labute approximate surface area is 117 Å². The molecule has 2 aromatic heterocycles. The molecule has 4 rings (SSSR count). The summed E-state index contributed by atoms with van der Waals surface area (Å²) in [6.07, 6.45) is 0. The fourth-order valence-electron chi connectivity index (χ4n) is 3.00. The van der Waals surface area contributed by atoms with E-state index in [0.717, 1.165) is 11.0 Å². The molecule has 0 aliphatic rings. The van der Waals surface area contributed by atoms with Crippen LogP contribution in [0.5, 0.6) is 0 Å². The highest BCUT2D eigenvalue weighted by atomic mass is 15.0. The molecule has 2 heterocycles. The second-order valence-corrected chi connectivity index (χ2v) is 5.63. The van der Waals surface area contributed by atoms with Crippen molar-refractivity contribution in [3.63, 3.8) is 0 Å². The van der Waals surface area contributed by atoms with Crippen molar-refractivity contribution in [2.45, 2.75) is 13.8 Å². The van der Waals surface area contributed by atoms with E-state index in [1.165, 1.54) is 32.9 Å². The van der Waals surface area contributed by atoms with Gasteiger partial charge in [-0.1, -0.05) is 23.3 Å². The van der Waals surface area contributed by atoms with Gasteiger partial charge < -0.3 is 4.57 Å². The Kier molecular flexibility index (Phi) is 2.19. The molecule has 0 atom stereocenters. The Bertz CT molecular complexity index is 977. The van der Waals surface area contributed by atoms with Gasteiger partial charge in [-0.15, -0.1) is 0 Å². The third-order valence-corrected chi connectivity index (χ3v) is 4.08. The largest absolute Gasteiger partial charge is 0.342 e. The maximum absolute atomic E-state index is 4.89. The van der Waals surface area contributed by atoms with Crippen molar-refractivity contribution in [1.29, 1.82) is 0 Å². The van der Waals surface area contributed by atoms with E-state index in [1.54, 1.807) is 0 Å². The summed E-state index contributed by atoms with van der Waals surface area (Å²) in [5, 5.41) is 2.45. The predicted octanol–water partition coefficient (Wildman–Crippen LogP) is 4.50. The number of aryl methyl sites for hydroxylation is 3. The Balaban J connectivity index is 2.25.